The average molecular weight is 276 g/mol. The summed E-state index contributed by atoms with van der Waals surface area (Å²) >= 11 is 0. The van der Waals surface area contributed by atoms with Gasteiger partial charge < -0.3 is 5.11 Å². The summed E-state index contributed by atoms with van der Waals surface area (Å²) in [5.41, 5.74) is 2.65. The van der Waals surface area contributed by atoms with E-state index in [9.17, 15) is 4.79 Å². The van der Waals surface area contributed by atoms with E-state index in [0.29, 0.717) is 0 Å². The molecule has 1 aromatic carbocycles. The fourth-order valence-electron chi connectivity index (χ4n) is 2.43. The minimum atomic E-state index is -0.704. The predicted octanol–water partition coefficient (Wildman–Crippen LogP) is 5.00. The van der Waals surface area contributed by atoms with E-state index >= 15 is 0 Å². The van der Waals surface area contributed by atoms with Gasteiger partial charge in [-0.05, 0) is 36.8 Å². The van der Waals surface area contributed by atoms with Gasteiger partial charge in [-0.1, -0.05) is 63.3 Å². The average Bonchev–Trinajstić information content (AvgIpc) is 2.44. The Hall–Kier alpha value is -1.31. The van der Waals surface area contributed by atoms with Crippen LogP contribution in [0.4, 0.5) is 0 Å². The first-order chi connectivity index (χ1) is 9.72. The Bertz CT molecular complexity index is 368. The standard InChI is InChI=1S/C18H28O2/c1-2-3-4-5-6-7-9-16-12-14-17(15-13-16)10-8-11-18(19)20/h12-15H,2-11H2,1H3,(H,19,20). The van der Waals surface area contributed by atoms with E-state index in [1.165, 1.54) is 56.1 Å². The molecule has 0 amide bonds. The van der Waals surface area contributed by atoms with Crippen LogP contribution in [0.25, 0.3) is 0 Å². The second-order valence-electron chi connectivity index (χ2n) is 5.58. The summed E-state index contributed by atoms with van der Waals surface area (Å²) in [5, 5.41) is 8.61. The van der Waals surface area contributed by atoms with Crippen molar-refractivity contribution in [3.63, 3.8) is 0 Å². The maximum atomic E-state index is 10.5. The molecular formula is C18H28O2. The molecule has 0 aliphatic carbocycles. The molecule has 0 aromatic heterocycles. The van der Waals surface area contributed by atoms with E-state index in [-0.39, 0.29) is 6.42 Å². The molecule has 0 saturated carbocycles. The highest BCUT2D eigenvalue weighted by atomic mass is 16.4. The summed E-state index contributed by atoms with van der Waals surface area (Å²) in [6.07, 6.45) is 11.0. The molecule has 112 valence electrons. The molecule has 0 fully saturated rings. The summed E-state index contributed by atoms with van der Waals surface area (Å²) in [5.74, 6) is -0.704. The zero-order valence-electron chi connectivity index (χ0n) is 12.7. The Morgan fingerprint density at radius 1 is 0.850 bits per heavy atom. The van der Waals surface area contributed by atoms with Crippen LogP contribution in [0.1, 0.15) is 69.4 Å². The van der Waals surface area contributed by atoms with Crippen LogP contribution in [0.5, 0.6) is 0 Å². The van der Waals surface area contributed by atoms with Crippen molar-refractivity contribution in [2.45, 2.75) is 71.1 Å². The predicted molar refractivity (Wildman–Crippen MR) is 84.1 cm³/mol. The smallest absolute Gasteiger partial charge is 0.303 e. The van der Waals surface area contributed by atoms with Crippen molar-refractivity contribution in [3.05, 3.63) is 35.4 Å². The molecule has 0 aliphatic heterocycles. The van der Waals surface area contributed by atoms with Crippen LogP contribution >= 0.6 is 0 Å². The minimum Gasteiger partial charge on any atom is -0.481 e. The number of aliphatic carboxylic acids is 1. The molecule has 0 atom stereocenters. The highest BCUT2D eigenvalue weighted by Gasteiger charge is 1.99. The van der Waals surface area contributed by atoms with Crippen molar-refractivity contribution >= 4 is 5.97 Å². The lowest BCUT2D eigenvalue weighted by molar-refractivity contribution is -0.137. The normalized spacial score (nSPS) is 10.7. The van der Waals surface area contributed by atoms with Gasteiger partial charge in [-0.3, -0.25) is 4.79 Å². The van der Waals surface area contributed by atoms with E-state index in [1.807, 2.05) is 0 Å². The fourth-order valence-corrected chi connectivity index (χ4v) is 2.43. The largest absolute Gasteiger partial charge is 0.481 e. The first kappa shape index (κ1) is 16.7. The molecule has 0 heterocycles. The molecule has 0 bridgehead atoms. The van der Waals surface area contributed by atoms with Crippen LogP contribution in [-0.2, 0) is 17.6 Å². The Labute approximate surface area is 123 Å². The van der Waals surface area contributed by atoms with Crippen molar-refractivity contribution in [2.75, 3.05) is 0 Å². The Kier molecular flexibility index (Phi) is 8.77. The van der Waals surface area contributed by atoms with Gasteiger partial charge in [0.05, 0.1) is 0 Å². The molecular weight excluding hydrogens is 248 g/mol. The first-order valence-corrected chi connectivity index (χ1v) is 8.02. The van der Waals surface area contributed by atoms with Gasteiger partial charge in [0.25, 0.3) is 0 Å². The number of carbonyl (C=O) groups is 1. The number of benzene rings is 1. The number of hydrogen-bond donors (Lipinski definition) is 1. The summed E-state index contributed by atoms with van der Waals surface area (Å²) in [7, 11) is 0. The lowest BCUT2D eigenvalue weighted by atomic mass is 10.0. The van der Waals surface area contributed by atoms with E-state index in [0.717, 1.165) is 12.8 Å². The number of carboxylic acid groups (broad SMARTS) is 1. The van der Waals surface area contributed by atoms with Crippen LogP contribution in [0.15, 0.2) is 24.3 Å². The van der Waals surface area contributed by atoms with Crippen LogP contribution in [0.3, 0.4) is 0 Å². The van der Waals surface area contributed by atoms with Crippen LogP contribution in [0, 0.1) is 0 Å². The molecule has 0 radical (unpaired) electrons. The maximum absolute atomic E-state index is 10.5. The molecule has 1 rings (SSSR count). The number of rotatable bonds is 11. The second kappa shape index (κ2) is 10.5. The Morgan fingerprint density at radius 3 is 1.90 bits per heavy atom. The third-order valence-electron chi connectivity index (χ3n) is 3.70. The molecule has 1 aromatic rings. The first-order valence-electron chi connectivity index (χ1n) is 8.02. The van der Waals surface area contributed by atoms with Gasteiger partial charge in [0.2, 0.25) is 0 Å². The quantitative estimate of drug-likeness (QED) is 0.578. The third kappa shape index (κ3) is 7.98. The second-order valence-corrected chi connectivity index (χ2v) is 5.58. The number of aryl methyl sites for hydroxylation is 2. The van der Waals surface area contributed by atoms with Crippen molar-refractivity contribution in [2.24, 2.45) is 0 Å². The van der Waals surface area contributed by atoms with Gasteiger partial charge in [0.15, 0.2) is 0 Å². The molecule has 2 heteroatoms. The van der Waals surface area contributed by atoms with Gasteiger partial charge >= 0.3 is 5.97 Å². The van der Waals surface area contributed by atoms with E-state index < -0.39 is 5.97 Å². The molecule has 0 spiro atoms. The van der Waals surface area contributed by atoms with Crippen LogP contribution < -0.4 is 0 Å². The third-order valence-corrected chi connectivity index (χ3v) is 3.70. The minimum absolute atomic E-state index is 0.263. The topological polar surface area (TPSA) is 37.3 Å². The van der Waals surface area contributed by atoms with Gasteiger partial charge in [-0.25, -0.2) is 0 Å². The van der Waals surface area contributed by atoms with Crippen molar-refractivity contribution in [3.8, 4) is 0 Å². The van der Waals surface area contributed by atoms with Gasteiger partial charge in [0, 0.05) is 6.42 Å². The van der Waals surface area contributed by atoms with E-state index in [4.69, 9.17) is 5.11 Å². The monoisotopic (exact) mass is 276 g/mol. The highest BCUT2D eigenvalue weighted by molar-refractivity contribution is 5.66. The van der Waals surface area contributed by atoms with Gasteiger partial charge in [-0.15, -0.1) is 0 Å². The van der Waals surface area contributed by atoms with Crippen LogP contribution in [-0.4, -0.2) is 11.1 Å². The van der Waals surface area contributed by atoms with Crippen molar-refractivity contribution < 1.29 is 9.90 Å². The van der Waals surface area contributed by atoms with Gasteiger partial charge in [0.1, 0.15) is 0 Å². The number of hydrogen-bond acceptors (Lipinski definition) is 1. The summed E-state index contributed by atoms with van der Waals surface area (Å²) in [4.78, 5) is 10.5. The zero-order valence-corrected chi connectivity index (χ0v) is 12.7. The maximum Gasteiger partial charge on any atom is 0.303 e. The summed E-state index contributed by atoms with van der Waals surface area (Å²) < 4.78 is 0. The molecule has 0 aliphatic rings. The SMILES string of the molecule is CCCCCCCCc1ccc(CCCC(=O)O)cc1. The zero-order chi connectivity index (χ0) is 14.6. The Balaban J connectivity index is 2.16. The molecule has 1 N–H and O–H groups in total. The lowest BCUT2D eigenvalue weighted by Gasteiger charge is -2.04. The molecule has 20 heavy (non-hydrogen) atoms. The number of carboxylic acids is 1. The van der Waals surface area contributed by atoms with Gasteiger partial charge in [-0.2, -0.15) is 0 Å². The molecule has 0 saturated heterocycles. The van der Waals surface area contributed by atoms with E-state index in [2.05, 4.69) is 31.2 Å². The Morgan fingerprint density at radius 2 is 1.35 bits per heavy atom. The number of unbranched alkanes of at least 4 members (excludes halogenated alkanes) is 5. The fraction of sp³-hybridized carbons (Fsp3) is 0.611. The summed E-state index contributed by atoms with van der Waals surface area (Å²) in [6.45, 7) is 2.25. The summed E-state index contributed by atoms with van der Waals surface area (Å²) in [6, 6.07) is 8.69. The van der Waals surface area contributed by atoms with E-state index in [1.54, 1.807) is 0 Å². The van der Waals surface area contributed by atoms with Crippen molar-refractivity contribution in [1.29, 1.82) is 0 Å². The van der Waals surface area contributed by atoms with Crippen LogP contribution in [0.2, 0.25) is 0 Å². The molecule has 0 unspecified atom stereocenters. The van der Waals surface area contributed by atoms with Crippen molar-refractivity contribution in [1.82, 2.24) is 0 Å². The molecule has 2 nitrogen and oxygen atoms in total. The lowest BCUT2D eigenvalue weighted by Crippen LogP contribution is -1.96. The highest BCUT2D eigenvalue weighted by Crippen LogP contribution is 2.12.